The van der Waals surface area contributed by atoms with E-state index in [1.54, 1.807) is 23.3 Å². The third kappa shape index (κ3) is 15.3. The van der Waals surface area contributed by atoms with E-state index < -0.39 is 0 Å². The van der Waals surface area contributed by atoms with E-state index in [9.17, 15) is 0 Å². The summed E-state index contributed by atoms with van der Waals surface area (Å²) in [6, 6.07) is 15.8. The van der Waals surface area contributed by atoms with Crippen LogP contribution >= 0.6 is 0 Å². The Hall–Kier alpha value is 0.380. The predicted molar refractivity (Wildman–Crippen MR) is 89.7 cm³/mol. The molecule has 124 valence electrons. The maximum absolute atomic E-state index is 2.30. The SMILES string of the molecule is CC[Si](=[Zr+2])CC.Cc1c[cH-]c(C)c1.Cc1c[cH-]c(C)c1.[Cl-].[Cl-]. The van der Waals surface area contributed by atoms with Gasteiger partial charge in [-0.15, -0.1) is 0 Å². The number of hydrogen-bond acceptors (Lipinski definition) is 0. The Morgan fingerprint density at radius 2 is 1.14 bits per heavy atom. The standard InChI is InChI=1S/2C7H9.C4H10Si.2ClH.Zr/c2*1-6-3-4-7(2)5-6;1-3-5-4-2;;;/h2*3-5H,1-2H3;3-4H2,1-2H3;2*1H;/q2*-1;;;;+2/p-2. The van der Waals surface area contributed by atoms with Gasteiger partial charge in [0.15, 0.2) is 0 Å². The summed E-state index contributed by atoms with van der Waals surface area (Å²) in [5, 5.41) is 0. The zero-order valence-corrected chi connectivity index (χ0v) is 19.6. The fraction of sp³-hybridized carbons (Fsp3) is 0.444. The van der Waals surface area contributed by atoms with Crippen molar-refractivity contribution in [3.8, 4) is 0 Å². The van der Waals surface area contributed by atoms with Gasteiger partial charge in [0, 0.05) is 0 Å². The van der Waals surface area contributed by atoms with Gasteiger partial charge in [-0.25, -0.2) is 23.3 Å². The number of aryl methyl sites for hydroxylation is 4. The summed E-state index contributed by atoms with van der Waals surface area (Å²) in [4.78, 5) is 0. The van der Waals surface area contributed by atoms with E-state index in [1.165, 1.54) is 34.3 Å². The van der Waals surface area contributed by atoms with Crippen molar-refractivity contribution in [2.45, 2.75) is 53.6 Å². The average molecular weight is 435 g/mol. The normalized spacial score (nSPS) is 8.36. The third-order valence-corrected chi connectivity index (χ3v) is 9.90. The summed E-state index contributed by atoms with van der Waals surface area (Å²) in [5.74, 6) is 0. The first-order valence-electron chi connectivity index (χ1n) is 7.35. The molecule has 0 saturated heterocycles. The molecule has 0 amide bonds. The first kappa shape index (κ1) is 27.2. The van der Waals surface area contributed by atoms with Crippen molar-refractivity contribution in [3.05, 3.63) is 58.7 Å². The van der Waals surface area contributed by atoms with Gasteiger partial charge in [0.25, 0.3) is 0 Å². The van der Waals surface area contributed by atoms with E-state index in [4.69, 9.17) is 0 Å². The van der Waals surface area contributed by atoms with Crippen LogP contribution in [0, 0.1) is 27.7 Å². The molecular formula is C18H28Cl2SiZr-2. The molecule has 2 aromatic carbocycles. The van der Waals surface area contributed by atoms with E-state index in [0.717, 1.165) is 0 Å². The van der Waals surface area contributed by atoms with Gasteiger partial charge in [-0.2, -0.15) is 35.4 Å². The Bertz CT molecular complexity index is 423. The molecule has 0 saturated carbocycles. The van der Waals surface area contributed by atoms with Crippen molar-refractivity contribution in [3.63, 3.8) is 0 Å². The van der Waals surface area contributed by atoms with E-state index >= 15 is 0 Å². The van der Waals surface area contributed by atoms with Crippen molar-refractivity contribution < 1.29 is 48.1 Å². The minimum absolute atomic E-state index is 0. The van der Waals surface area contributed by atoms with Crippen LogP contribution < -0.4 is 24.8 Å². The smallest absolute Gasteiger partial charge is 0.0635 e. The Labute approximate surface area is 165 Å². The fourth-order valence-electron chi connectivity index (χ4n) is 1.69. The van der Waals surface area contributed by atoms with Crippen LogP contribution in [0.25, 0.3) is 0 Å². The first-order valence-corrected chi connectivity index (χ1v) is 12.9. The van der Waals surface area contributed by atoms with Crippen LogP contribution in [0.3, 0.4) is 0 Å². The maximum atomic E-state index is 2.30. The van der Waals surface area contributed by atoms with Crippen molar-refractivity contribution in [1.82, 2.24) is 0 Å². The second-order valence-electron chi connectivity index (χ2n) is 5.24. The van der Waals surface area contributed by atoms with Gasteiger partial charge in [-0.05, 0) is 0 Å². The Morgan fingerprint density at radius 3 is 1.18 bits per heavy atom. The molecule has 0 fully saturated rings. The zero-order valence-electron chi connectivity index (χ0n) is 14.6. The quantitative estimate of drug-likeness (QED) is 0.447. The molecule has 0 aliphatic carbocycles. The Balaban J connectivity index is -0.000000237. The van der Waals surface area contributed by atoms with Crippen LogP contribution in [0.1, 0.15) is 36.1 Å². The Kier molecular flexibility index (Phi) is 20.1. The molecule has 0 bridgehead atoms. The fourth-order valence-corrected chi connectivity index (χ4v) is 2.19. The minimum Gasteiger partial charge on any atom is -1.00 e. The van der Waals surface area contributed by atoms with Gasteiger partial charge in [-0.1, -0.05) is 27.7 Å². The average Bonchev–Trinajstić information content (AvgIpc) is 2.98. The summed E-state index contributed by atoms with van der Waals surface area (Å²) in [5.41, 5.74) is 5.66. The van der Waals surface area contributed by atoms with E-state index in [-0.39, 0.29) is 30.2 Å². The zero-order chi connectivity index (χ0) is 15.5. The monoisotopic (exact) mass is 432 g/mol. The van der Waals surface area contributed by atoms with Crippen LogP contribution in [-0.2, 0) is 23.3 Å². The van der Waals surface area contributed by atoms with Gasteiger partial charge in [0.1, 0.15) is 0 Å². The van der Waals surface area contributed by atoms with Crippen LogP contribution in [0.5, 0.6) is 0 Å². The topological polar surface area (TPSA) is 0 Å². The predicted octanol–water partition coefficient (Wildman–Crippen LogP) is -0.383. The summed E-state index contributed by atoms with van der Waals surface area (Å²) >= 11 is 1.80. The van der Waals surface area contributed by atoms with Crippen molar-refractivity contribution >= 4 is 5.43 Å². The largest absolute Gasteiger partial charge is 1.00 e. The molecule has 0 aliphatic heterocycles. The van der Waals surface area contributed by atoms with Gasteiger partial charge in [0.2, 0.25) is 0 Å². The second-order valence-corrected chi connectivity index (χ2v) is 13.1. The van der Waals surface area contributed by atoms with Gasteiger partial charge < -0.3 is 24.8 Å². The van der Waals surface area contributed by atoms with Crippen LogP contribution in [0.2, 0.25) is 12.1 Å². The van der Waals surface area contributed by atoms with Crippen LogP contribution in [0.15, 0.2) is 36.4 Å². The number of hydrogen-bond donors (Lipinski definition) is 0. The third-order valence-electron chi connectivity index (χ3n) is 2.98. The molecule has 0 spiro atoms. The molecule has 2 aromatic rings. The molecule has 2 rings (SSSR count). The van der Waals surface area contributed by atoms with Crippen molar-refractivity contribution in [2.24, 2.45) is 0 Å². The maximum Gasteiger partial charge on any atom is -0.0635 e. The molecule has 0 radical (unpaired) electrons. The van der Waals surface area contributed by atoms with Gasteiger partial charge in [-0.3, -0.25) is 0 Å². The first-order chi connectivity index (χ1) is 9.38. The summed E-state index contributed by atoms with van der Waals surface area (Å²) in [7, 11) is 0. The summed E-state index contributed by atoms with van der Waals surface area (Å²) in [6.45, 7) is 13.0. The van der Waals surface area contributed by atoms with Gasteiger partial charge in [0.05, 0.1) is 0 Å². The summed E-state index contributed by atoms with van der Waals surface area (Å²) in [6.07, 6.45) is 0. The molecule has 4 heteroatoms. The number of halogens is 2. The van der Waals surface area contributed by atoms with E-state index in [2.05, 4.69) is 77.9 Å². The van der Waals surface area contributed by atoms with Gasteiger partial charge >= 0.3 is 54.7 Å². The van der Waals surface area contributed by atoms with Crippen molar-refractivity contribution in [1.29, 1.82) is 0 Å². The van der Waals surface area contributed by atoms with E-state index in [1.807, 2.05) is 0 Å². The van der Waals surface area contributed by atoms with E-state index in [0.29, 0.717) is 0 Å². The Morgan fingerprint density at radius 1 is 0.818 bits per heavy atom. The molecule has 0 nitrogen and oxygen atoms in total. The van der Waals surface area contributed by atoms with Crippen molar-refractivity contribution in [2.75, 3.05) is 0 Å². The van der Waals surface area contributed by atoms with Crippen LogP contribution in [-0.4, -0.2) is 5.43 Å². The molecule has 0 atom stereocenters. The summed E-state index contributed by atoms with van der Waals surface area (Å²) < 4.78 is 0. The molecule has 22 heavy (non-hydrogen) atoms. The molecule has 0 N–H and O–H groups in total. The second kappa shape index (κ2) is 16.2. The molecular weight excluding hydrogens is 406 g/mol. The molecule has 0 aromatic heterocycles. The van der Waals surface area contributed by atoms with Crippen LogP contribution in [0.4, 0.5) is 0 Å². The molecule has 0 unspecified atom stereocenters. The molecule has 0 heterocycles. The number of rotatable bonds is 2. The molecule has 0 aliphatic rings. The minimum atomic E-state index is 0.